The minimum Gasteiger partial charge on any atom is -0.349 e. The van der Waals surface area contributed by atoms with Gasteiger partial charge in [-0.15, -0.1) is 0 Å². The Hall–Kier alpha value is -1.82. The van der Waals surface area contributed by atoms with Crippen LogP contribution in [0.15, 0.2) is 18.3 Å². The number of nitriles is 1. The van der Waals surface area contributed by atoms with Crippen molar-refractivity contribution < 1.29 is 0 Å². The fourth-order valence-electron chi connectivity index (χ4n) is 1.51. The molecule has 0 radical (unpaired) electrons. The van der Waals surface area contributed by atoms with Crippen LogP contribution >= 0.6 is 0 Å². The van der Waals surface area contributed by atoms with Gasteiger partial charge < -0.3 is 4.57 Å². The molecule has 0 fully saturated rings. The number of nitrogens with zero attached hydrogens (tertiary/aromatic N) is 3. The molecule has 0 saturated carbocycles. The second-order valence-corrected chi connectivity index (χ2v) is 3.10. The van der Waals surface area contributed by atoms with E-state index >= 15 is 0 Å². The Morgan fingerprint density at radius 2 is 2.23 bits per heavy atom. The molecule has 0 amide bonds. The van der Waals surface area contributed by atoms with Crippen molar-refractivity contribution in [3.8, 4) is 6.07 Å². The van der Waals surface area contributed by atoms with Crippen LogP contribution in [0.3, 0.4) is 0 Å². The molecule has 2 aromatic heterocycles. The SMILES string of the molecule is Cc1cn(C)c2ccc(C#N)nc12. The van der Waals surface area contributed by atoms with Crippen LogP contribution in [0.25, 0.3) is 11.0 Å². The van der Waals surface area contributed by atoms with Crippen LogP contribution in [0.5, 0.6) is 0 Å². The molecule has 0 aliphatic heterocycles. The molecule has 2 aromatic rings. The largest absolute Gasteiger partial charge is 0.349 e. The molecule has 0 bridgehead atoms. The van der Waals surface area contributed by atoms with Crippen LogP contribution in [0.1, 0.15) is 11.3 Å². The molecule has 0 aromatic carbocycles. The number of pyridine rings is 1. The first-order chi connectivity index (χ1) is 6.22. The zero-order valence-electron chi connectivity index (χ0n) is 7.57. The number of hydrogen-bond donors (Lipinski definition) is 0. The lowest BCUT2D eigenvalue weighted by molar-refractivity contribution is 0.963. The molecule has 3 nitrogen and oxygen atoms in total. The Balaban J connectivity index is 2.86. The van der Waals surface area contributed by atoms with E-state index in [9.17, 15) is 0 Å². The molecule has 3 heteroatoms. The molecule has 64 valence electrons. The van der Waals surface area contributed by atoms with Crippen LogP contribution in [0, 0.1) is 18.3 Å². The van der Waals surface area contributed by atoms with Crippen molar-refractivity contribution in [2.24, 2.45) is 7.05 Å². The number of hydrogen-bond acceptors (Lipinski definition) is 2. The van der Waals surface area contributed by atoms with Crippen molar-refractivity contribution in [1.82, 2.24) is 9.55 Å². The van der Waals surface area contributed by atoms with Gasteiger partial charge in [0.05, 0.1) is 11.0 Å². The Morgan fingerprint density at radius 3 is 2.92 bits per heavy atom. The first kappa shape index (κ1) is 7.81. The summed E-state index contributed by atoms with van der Waals surface area (Å²) in [6.07, 6.45) is 2.01. The minimum absolute atomic E-state index is 0.474. The summed E-state index contributed by atoms with van der Waals surface area (Å²) in [5.41, 5.74) is 3.56. The van der Waals surface area contributed by atoms with E-state index in [0.29, 0.717) is 5.69 Å². The lowest BCUT2D eigenvalue weighted by Crippen LogP contribution is -1.86. The first-order valence-corrected chi connectivity index (χ1v) is 4.05. The maximum Gasteiger partial charge on any atom is 0.141 e. The summed E-state index contributed by atoms with van der Waals surface area (Å²) in [4.78, 5) is 4.23. The van der Waals surface area contributed by atoms with Crippen LogP contribution in [-0.2, 0) is 7.05 Å². The summed E-state index contributed by atoms with van der Waals surface area (Å²) < 4.78 is 2.01. The summed E-state index contributed by atoms with van der Waals surface area (Å²) in [5.74, 6) is 0. The number of fused-ring (bicyclic) bond motifs is 1. The molecule has 2 heterocycles. The van der Waals surface area contributed by atoms with Gasteiger partial charge in [-0.2, -0.15) is 5.26 Å². The van der Waals surface area contributed by atoms with Gasteiger partial charge in [0.1, 0.15) is 11.8 Å². The van der Waals surface area contributed by atoms with Gasteiger partial charge in [-0.3, -0.25) is 0 Å². The van der Waals surface area contributed by atoms with Crippen molar-refractivity contribution in [1.29, 1.82) is 5.26 Å². The smallest absolute Gasteiger partial charge is 0.141 e. The normalized spacial score (nSPS) is 10.2. The molecule has 0 unspecified atom stereocenters. The average Bonchev–Trinajstić information content (AvgIpc) is 2.42. The van der Waals surface area contributed by atoms with Gasteiger partial charge in [-0.25, -0.2) is 4.98 Å². The number of aromatic nitrogens is 2. The van der Waals surface area contributed by atoms with E-state index in [4.69, 9.17) is 5.26 Å². The number of rotatable bonds is 0. The Morgan fingerprint density at radius 1 is 1.46 bits per heavy atom. The lowest BCUT2D eigenvalue weighted by Gasteiger charge is -1.94. The molecule has 0 atom stereocenters. The lowest BCUT2D eigenvalue weighted by atomic mass is 10.3. The van der Waals surface area contributed by atoms with Crippen LogP contribution in [-0.4, -0.2) is 9.55 Å². The monoisotopic (exact) mass is 171 g/mol. The third kappa shape index (κ3) is 1.07. The molecule has 0 spiro atoms. The van der Waals surface area contributed by atoms with Gasteiger partial charge in [-0.1, -0.05) is 0 Å². The van der Waals surface area contributed by atoms with Crippen molar-refractivity contribution >= 4 is 11.0 Å². The molecule has 0 saturated heterocycles. The summed E-state index contributed by atoms with van der Waals surface area (Å²) in [6, 6.07) is 5.70. The summed E-state index contributed by atoms with van der Waals surface area (Å²) in [6.45, 7) is 2.00. The van der Waals surface area contributed by atoms with Gasteiger partial charge in [0.25, 0.3) is 0 Å². The second-order valence-electron chi connectivity index (χ2n) is 3.10. The van der Waals surface area contributed by atoms with E-state index in [2.05, 4.69) is 4.98 Å². The quantitative estimate of drug-likeness (QED) is 0.606. The van der Waals surface area contributed by atoms with Crippen LogP contribution < -0.4 is 0 Å². The summed E-state index contributed by atoms with van der Waals surface area (Å²) in [5, 5.41) is 8.68. The van der Waals surface area contributed by atoms with Gasteiger partial charge in [-0.05, 0) is 24.6 Å². The van der Waals surface area contributed by atoms with E-state index in [0.717, 1.165) is 16.6 Å². The Labute approximate surface area is 76.2 Å². The summed E-state index contributed by atoms with van der Waals surface area (Å²) >= 11 is 0. The van der Waals surface area contributed by atoms with Crippen molar-refractivity contribution in [3.05, 3.63) is 29.6 Å². The van der Waals surface area contributed by atoms with E-state index in [-0.39, 0.29) is 0 Å². The predicted molar refractivity (Wildman–Crippen MR) is 50.2 cm³/mol. The van der Waals surface area contributed by atoms with Crippen molar-refractivity contribution in [3.63, 3.8) is 0 Å². The van der Waals surface area contributed by atoms with Crippen LogP contribution in [0.4, 0.5) is 0 Å². The fourth-order valence-corrected chi connectivity index (χ4v) is 1.51. The van der Waals surface area contributed by atoms with Gasteiger partial charge in [0.2, 0.25) is 0 Å². The molecule has 0 aliphatic carbocycles. The highest BCUT2D eigenvalue weighted by Crippen LogP contribution is 2.17. The molecule has 2 rings (SSSR count). The van der Waals surface area contributed by atoms with Crippen molar-refractivity contribution in [2.75, 3.05) is 0 Å². The zero-order chi connectivity index (χ0) is 9.42. The highest BCUT2D eigenvalue weighted by atomic mass is 14.9. The van der Waals surface area contributed by atoms with E-state index < -0.39 is 0 Å². The van der Waals surface area contributed by atoms with Crippen molar-refractivity contribution in [2.45, 2.75) is 6.92 Å². The number of aryl methyl sites for hydroxylation is 2. The van der Waals surface area contributed by atoms with Crippen LogP contribution in [0.2, 0.25) is 0 Å². The highest BCUT2D eigenvalue weighted by molar-refractivity contribution is 5.79. The van der Waals surface area contributed by atoms with E-state index in [1.807, 2.05) is 36.9 Å². The highest BCUT2D eigenvalue weighted by Gasteiger charge is 2.04. The van der Waals surface area contributed by atoms with Gasteiger partial charge in [0, 0.05) is 13.2 Å². The van der Waals surface area contributed by atoms with Gasteiger partial charge in [0.15, 0.2) is 0 Å². The molecule has 0 N–H and O–H groups in total. The summed E-state index contributed by atoms with van der Waals surface area (Å²) in [7, 11) is 1.98. The standard InChI is InChI=1S/C10H9N3/c1-7-6-13(2)9-4-3-8(5-11)12-10(7)9/h3-4,6H,1-2H3. The maximum atomic E-state index is 8.68. The Kier molecular flexibility index (Phi) is 1.56. The van der Waals surface area contributed by atoms with E-state index in [1.165, 1.54) is 0 Å². The Bertz CT molecular complexity index is 503. The van der Waals surface area contributed by atoms with E-state index in [1.54, 1.807) is 6.07 Å². The maximum absolute atomic E-state index is 8.68. The fraction of sp³-hybridized carbons (Fsp3) is 0.200. The molecular formula is C10H9N3. The first-order valence-electron chi connectivity index (χ1n) is 4.05. The zero-order valence-corrected chi connectivity index (χ0v) is 7.57. The topological polar surface area (TPSA) is 41.6 Å². The second kappa shape index (κ2) is 2.60. The average molecular weight is 171 g/mol. The molecular weight excluding hydrogens is 162 g/mol. The minimum atomic E-state index is 0.474. The molecule has 13 heavy (non-hydrogen) atoms. The third-order valence-electron chi connectivity index (χ3n) is 2.13. The molecule has 0 aliphatic rings. The predicted octanol–water partition coefficient (Wildman–Crippen LogP) is 1.75. The third-order valence-corrected chi connectivity index (χ3v) is 2.13. The van der Waals surface area contributed by atoms with Gasteiger partial charge >= 0.3 is 0 Å².